The van der Waals surface area contributed by atoms with Crippen molar-refractivity contribution in [1.82, 2.24) is 0 Å². The minimum absolute atomic E-state index is 0.145. The minimum atomic E-state index is -0.589. The zero-order chi connectivity index (χ0) is 20.5. The van der Waals surface area contributed by atoms with Crippen molar-refractivity contribution in [3.05, 3.63) is 65.7 Å². The molecule has 28 heavy (non-hydrogen) atoms. The van der Waals surface area contributed by atoms with Gasteiger partial charge in [0, 0.05) is 25.9 Å². The number of likely N-dealkylation sites (N-methyl/N-ethyl adjacent to an activating group) is 1. The lowest BCUT2D eigenvalue weighted by atomic mass is 10.1. The molecule has 2 aromatic rings. The van der Waals surface area contributed by atoms with Gasteiger partial charge >= 0.3 is 5.97 Å². The van der Waals surface area contributed by atoms with Crippen LogP contribution < -0.4 is 10.2 Å². The van der Waals surface area contributed by atoms with Crippen molar-refractivity contribution in [2.75, 3.05) is 38.1 Å². The van der Waals surface area contributed by atoms with Crippen LogP contribution in [0.4, 0.5) is 11.4 Å². The topological polar surface area (TPSA) is 84.9 Å². The summed E-state index contributed by atoms with van der Waals surface area (Å²) in [6, 6.07) is 14.0. The summed E-state index contributed by atoms with van der Waals surface area (Å²) in [7, 11) is 4.18. The number of hydrogen-bond donors (Lipinski definition) is 1. The summed E-state index contributed by atoms with van der Waals surface area (Å²) in [5, 5.41) is 2.72. The Hall–Kier alpha value is -3.45. The molecule has 0 heterocycles. The fourth-order valence-electron chi connectivity index (χ4n) is 2.44. The van der Waals surface area contributed by atoms with E-state index in [4.69, 9.17) is 9.47 Å². The number of carbonyl (C=O) groups is 3. The number of benzene rings is 2. The van der Waals surface area contributed by atoms with Crippen LogP contribution >= 0.6 is 0 Å². The number of nitrogens with zero attached hydrogens (tertiary/aromatic N) is 1. The fourth-order valence-corrected chi connectivity index (χ4v) is 2.44. The summed E-state index contributed by atoms with van der Waals surface area (Å²) in [6.45, 7) is -0.145. The molecular weight excluding hydrogens is 360 g/mol. The van der Waals surface area contributed by atoms with Gasteiger partial charge < -0.3 is 19.7 Å². The zero-order valence-electron chi connectivity index (χ0n) is 16.0. The van der Waals surface area contributed by atoms with Crippen molar-refractivity contribution in [1.29, 1.82) is 0 Å². The summed E-state index contributed by atoms with van der Waals surface area (Å²) in [5.41, 5.74) is 1.83. The predicted molar refractivity (Wildman–Crippen MR) is 107 cm³/mol. The highest BCUT2D eigenvalue weighted by Crippen LogP contribution is 2.25. The summed E-state index contributed by atoms with van der Waals surface area (Å²) in [6.07, 6.45) is 3.09. The molecule has 0 radical (unpaired) electrons. The van der Waals surface area contributed by atoms with Crippen LogP contribution in [0, 0.1) is 0 Å². The van der Waals surface area contributed by atoms with E-state index >= 15 is 0 Å². The maximum absolute atomic E-state index is 12.2. The Kier molecular flexibility index (Phi) is 7.47. The second-order valence-electron chi connectivity index (χ2n) is 5.84. The first-order valence-corrected chi connectivity index (χ1v) is 8.48. The van der Waals surface area contributed by atoms with Crippen molar-refractivity contribution in [3.63, 3.8) is 0 Å². The highest BCUT2D eigenvalue weighted by molar-refractivity contribution is 6.06. The van der Waals surface area contributed by atoms with E-state index in [-0.39, 0.29) is 24.0 Å². The summed E-state index contributed by atoms with van der Waals surface area (Å²) in [5.74, 6) is -1.28. The van der Waals surface area contributed by atoms with Gasteiger partial charge in [0.05, 0.1) is 18.4 Å². The Morgan fingerprint density at radius 3 is 2.43 bits per heavy atom. The molecule has 0 aromatic heterocycles. The molecule has 0 saturated heterocycles. The highest BCUT2D eigenvalue weighted by atomic mass is 16.5. The van der Waals surface area contributed by atoms with Crippen molar-refractivity contribution in [2.24, 2.45) is 0 Å². The van der Waals surface area contributed by atoms with Crippen LogP contribution in [0.15, 0.2) is 54.6 Å². The second-order valence-corrected chi connectivity index (χ2v) is 5.84. The monoisotopic (exact) mass is 382 g/mol. The van der Waals surface area contributed by atoms with Gasteiger partial charge in [-0.3, -0.25) is 9.59 Å². The Labute approximate surface area is 163 Å². The summed E-state index contributed by atoms with van der Waals surface area (Å²) >= 11 is 0. The van der Waals surface area contributed by atoms with Crippen LogP contribution in [-0.4, -0.2) is 45.7 Å². The Bertz CT molecular complexity index is 878. The van der Waals surface area contributed by atoms with E-state index in [1.54, 1.807) is 12.1 Å². The molecule has 0 aliphatic carbocycles. The molecule has 0 bridgehead atoms. The molecule has 0 aliphatic rings. The molecule has 2 amide bonds. The molecule has 2 aromatic carbocycles. The number of rotatable bonds is 7. The lowest BCUT2D eigenvalue weighted by molar-refractivity contribution is -0.121. The van der Waals surface area contributed by atoms with Gasteiger partial charge in [-0.05, 0) is 29.8 Å². The summed E-state index contributed by atoms with van der Waals surface area (Å²) < 4.78 is 9.62. The third-order valence-electron chi connectivity index (χ3n) is 3.90. The van der Waals surface area contributed by atoms with Gasteiger partial charge in [-0.2, -0.15) is 0 Å². The van der Waals surface area contributed by atoms with E-state index in [0.29, 0.717) is 11.4 Å². The highest BCUT2D eigenvalue weighted by Gasteiger charge is 2.20. The van der Waals surface area contributed by atoms with Gasteiger partial charge in [-0.15, -0.1) is 0 Å². The molecule has 0 unspecified atom stereocenters. The van der Waals surface area contributed by atoms with E-state index < -0.39 is 5.97 Å². The summed E-state index contributed by atoms with van der Waals surface area (Å²) in [4.78, 5) is 37.6. The van der Waals surface area contributed by atoms with Crippen LogP contribution in [-0.2, 0) is 19.1 Å². The number of carbonyl (C=O) groups excluding carboxylic acids is 3. The molecule has 0 saturated carbocycles. The SMILES string of the molecule is COCC(=O)N(C)c1cc(NC(=O)/C=C/c2ccccc2)ccc1C(=O)OC. The molecule has 0 fully saturated rings. The van der Waals surface area contributed by atoms with Crippen LogP contribution in [0.3, 0.4) is 0 Å². The number of hydrogen-bond acceptors (Lipinski definition) is 5. The Morgan fingerprint density at radius 1 is 1.07 bits per heavy atom. The lowest BCUT2D eigenvalue weighted by Gasteiger charge is -2.20. The molecular formula is C21H22N2O5. The maximum Gasteiger partial charge on any atom is 0.339 e. The predicted octanol–water partition coefficient (Wildman–Crippen LogP) is 2.73. The third kappa shape index (κ3) is 5.52. The molecule has 0 atom stereocenters. The van der Waals surface area contributed by atoms with E-state index in [9.17, 15) is 14.4 Å². The molecule has 0 aliphatic heterocycles. The third-order valence-corrected chi connectivity index (χ3v) is 3.90. The number of amides is 2. The van der Waals surface area contributed by atoms with Crippen LogP contribution in [0.2, 0.25) is 0 Å². The molecule has 7 heteroatoms. The molecule has 2 rings (SSSR count). The molecule has 0 spiro atoms. The van der Waals surface area contributed by atoms with Crippen molar-refractivity contribution in [3.8, 4) is 0 Å². The minimum Gasteiger partial charge on any atom is -0.465 e. The van der Waals surface area contributed by atoms with E-state index in [1.165, 1.54) is 44.4 Å². The molecule has 146 valence electrons. The van der Waals surface area contributed by atoms with Gasteiger partial charge in [0.1, 0.15) is 6.61 Å². The lowest BCUT2D eigenvalue weighted by Crippen LogP contribution is -2.31. The fraction of sp³-hybridized carbons (Fsp3) is 0.190. The number of ether oxygens (including phenoxy) is 2. The van der Waals surface area contributed by atoms with E-state index in [0.717, 1.165) is 5.56 Å². The van der Waals surface area contributed by atoms with E-state index in [1.807, 2.05) is 30.3 Å². The normalized spacial score (nSPS) is 10.5. The van der Waals surface area contributed by atoms with Gasteiger partial charge in [0.25, 0.3) is 5.91 Å². The largest absolute Gasteiger partial charge is 0.465 e. The first kappa shape index (κ1) is 20.9. The van der Waals surface area contributed by atoms with Crippen LogP contribution in [0.25, 0.3) is 6.08 Å². The van der Waals surface area contributed by atoms with Gasteiger partial charge in [0.15, 0.2) is 0 Å². The average molecular weight is 382 g/mol. The zero-order valence-corrected chi connectivity index (χ0v) is 16.0. The smallest absolute Gasteiger partial charge is 0.339 e. The average Bonchev–Trinajstić information content (AvgIpc) is 2.72. The quantitative estimate of drug-likeness (QED) is 0.588. The van der Waals surface area contributed by atoms with Gasteiger partial charge in [-0.1, -0.05) is 30.3 Å². The van der Waals surface area contributed by atoms with Gasteiger partial charge in [-0.25, -0.2) is 4.79 Å². The van der Waals surface area contributed by atoms with Crippen molar-refractivity contribution < 1.29 is 23.9 Å². The van der Waals surface area contributed by atoms with Crippen LogP contribution in [0.5, 0.6) is 0 Å². The first-order valence-electron chi connectivity index (χ1n) is 8.48. The standard InChI is InChI=1S/C21H22N2O5/c1-23(20(25)14-27-2)18-13-16(10-11-17(18)21(26)28-3)22-19(24)12-9-15-7-5-4-6-8-15/h4-13H,14H2,1-3H3,(H,22,24)/b12-9+. The maximum atomic E-state index is 12.2. The number of nitrogens with one attached hydrogen (secondary N) is 1. The second kappa shape index (κ2) is 10.0. The Balaban J connectivity index is 2.24. The number of anilines is 2. The molecule has 1 N–H and O–H groups in total. The Morgan fingerprint density at radius 2 is 1.79 bits per heavy atom. The van der Waals surface area contributed by atoms with Crippen LogP contribution in [0.1, 0.15) is 15.9 Å². The van der Waals surface area contributed by atoms with Crippen molar-refractivity contribution in [2.45, 2.75) is 0 Å². The number of methoxy groups -OCH3 is 2. The van der Waals surface area contributed by atoms with Crippen molar-refractivity contribution >= 4 is 35.2 Å². The van der Waals surface area contributed by atoms with E-state index in [2.05, 4.69) is 5.32 Å². The number of esters is 1. The van der Waals surface area contributed by atoms with Gasteiger partial charge in [0.2, 0.25) is 5.91 Å². The molecule has 7 nitrogen and oxygen atoms in total. The first-order chi connectivity index (χ1) is 13.5.